The van der Waals surface area contributed by atoms with Crippen LogP contribution in [0.25, 0.3) is 16.7 Å². The average Bonchev–Trinajstić information content (AvgIpc) is 3.29. The molecule has 0 unspecified atom stereocenters. The Labute approximate surface area is 167 Å². The molecule has 142 valence electrons. The smallest absolute Gasteiger partial charge is 0.252 e. The van der Waals surface area contributed by atoms with E-state index in [1.54, 1.807) is 23.1 Å². The van der Waals surface area contributed by atoms with Gasteiger partial charge in [-0.2, -0.15) is 5.10 Å². The minimum Gasteiger partial charge on any atom is -0.467 e. The number of benzene rings is 1. The lowest BCUT2D eigenvalue weighted by Gasteiger charge is -2.10. The SMILES string of the molecule is Cc1cc(C(=O)NCc2ccco2)c2c(C)nn(-c3cccc(Cl)c3C)c2n1. The van der Waals surface area contributed by atoms with E-state index in [0.717, 1.165) is 28.0 Å². The largest absolute Gasteiger partial charge is 0.467 e. The van der Waals surface area contributed by atoms with Gasteiger partial charge in [0.15, 0.2) is 5.65 Å². The predicted octanol–water partition coefficient (Wildman–Crippen LogP) is 4.52. The van der Waals surface area contributed by atoms with Crippen LogP contribution in [0, 0.1) is 20.8 Å². The molecule has 3 aromatic heterocycles. The summed E-state index contributed by atoms with van der Waals surface area (Å²) in [6.07, 6.45) is 1.58. The van der Waals surface area contributed by atoms with Crippen molar-refractivity contribution in [1.29, 1.82) is 0 Å². The summed E-state index contributed by atoms with van der Waals surface area (Å²) in [6, 6.07) is 11.0. The maximum atomic E-state index is 12.9. The zero-order chi connectivity index (χ0) is 19.8. The molecule has 4 rings (SSSR count). The first-order valence-corrected chi connectivity index (χ1v) is 9.26. The fraction of sp³-hybridized carbons (Fsp3) is 0.190. The number of nitrogens with zero attached hydrogens (tertiary/aromatic N) is 3. The van der Waals surface area contributed by atoms with E-state index in [1.807, 2.05) is 45.0 Å². The van der Waals surface area contributed by atoms with Gasteiger partial charge in [-0.3, -0.25) is 4.79 Å². The maximum Gasteiger partial charge on any atom is 0.252 e. The molecule has 1 N–H and O–H groups in total. The highest BCUT2D eigenvalue weighted by atomic mass is 35.5. The summed E-state index contributed by atoms with van der Waals surface area (Å²) in [5, 5.41) is 8.93. The number of hydrogen-bond acceptors (Lipinski definition) is 4. The highest BCUT2D eigenvalue weighted by molar-refractivity contribution is 6.31. The Morgan fingerprint density at radius 1 is 1.21 bits per heavy atom. The first-order valence-electron chi connectivity index (χ1n) is 8.88. The molecule has 1 aromatic carbocycles. The van der Waals surface area contributed by atoms with Gasteiger partial charge in [-0.05, 0) is 56.7 Å². The lowest BCUT2D eigenvalue weighted by atomic mass is 10.1. The van der Waals surface area contributed by atoms with Crippen molar-refractivity contribution in [3.05, 3.63) is 76.0 Å². The fourth-order valence-corrected chi connectivity index (χ4v) is 3.43. The van der Waals surface area contributed by atoms with E-state index in [0.29, 0.717) is 28.5 Å². The summed E-state index contributed by atoms with van der Waals surface area (Å²) in [4.78, 5) is 17.5. The molecule has 0 aliphatic carbocycles. The first kappa shape index (κ1) is 18.3. The standard InChI is InChI=1S/C21H19ClN4O2/c1-12-10-16(21(27)23-11-15-6-5-9-28-15)19-14(3)25-26(20(19)24-12)18-8-4-7-17(22)13(18)2/h4-10H,11H2,1-3H3,(H,23,27). The summed E-state index contributed by atoms with van der Waals surface area (Å²) in [6.45, 7) is 5.99. The minimum absolute atomic E-state index is 0.197. The average molecular weight is 395 g/mol. The molecule has 1 amide bonds. The van der Waals surface area contributed by atoms with E-state index in [4.69, 9.17) is 16.0 Å². The van der Waals surface area contributed by atoms with Gasteiger partial charge in [0.2, 0.25) is 0 Å². The number of halogens is 1. The van der Waals surface area contributed by atoms with Crippen molar-refractivity contribution in [3.8, 4) is 5.69 Å². The maximum absolute atomic E-state index is 12.9. The van der Waals surface area contributed by atoms with Crippen LogP contribution in [0.15, 0.2) is 47.1 Å². The van der Waals surface area contributed by atoms with Gasteiger partial charge in [-0.15, -0.1) is 0 Å². The zero-order valence-corrected chi connectivity index (χ0v) is 16.5. The van der Waals surface area contributed by atoms with Crippen molar-refractivity contribution in [2.75, 3.05) is 0 Å². The molecular weight excluding hydrogens is 376 g/mol. The lowest BCUT2D eigenvalue weighted by molar-refractivity contribution is 0.0949. The number of fused-ring (bicyclic) bond motifs is 1. The molecule has 0 aliphatic rings. The molecule has 4 aromatic rings. The van der Waals surface area contributed by atoms with Crippen LogP contribution < -0.4 is 5.32 Å². The van der Waals surface area contributed by atoms with Crippen LogP contribution in [0.4, 0.5) is 0 Å². The van der Waals surface area contributed by atoms with Crippen LogP contribution in [-0.4, -0.2) is 20.7 Å². The molecule has 7 heteroatoms. The second kappa shape index (κ2) is 7.13. The van der Waals surface area contributed by atoms with Gasteiger partial charge in [0, 0.05) is 10.7 Å². The van der Waals surface area contributed by atoms with Gasteiger partial charge < -0.3 is 9.73 Å². The van der Waals surface area contributed by atoms with Gasteiger partial charge in [0.25, 0.3) is 5.91 Å². The highest BCUT2D eigenvalue weighted by Crippen LogP contribution is 2.28. The van der Waals surface area contributed by atoms with Crippen LogP contribution in [0.1, 0.15) is 33.1 Å². The number of hydrogen-bond donors (Lipinski definition) is 1. The van der Waals surface area contributed by atoms with E-state index in [2.05, 4.69) is 15.4 Å². The van der Waals surface area contributed by atoms with E-state index < -0.39 is 0 Å². The Morgan fingerprint density at radius 2 is 2.04 bits per heavy atom. The number of rotatable bonds is 4. The van der Waals surface area contributed by atoms with Crippen LogP contribution in [0.3, 0.4) is 0 Å². The van der Waals surface area contributed by atoms with Crippen molar-refractivity contribution in [3.63, 3.8) is 0 Å². The quantitative estimate of drug-likeness (QED) is 0.552. The van der Waals surface area contributed by atoms with E-state index in [1.165, 1.54) is 0 Å². The van der Waals surface area contributed by atoms with Gasteiger partial charge in [0.05, 0.1) is 35.1 Å². The molecule has 0 radical (unpaired) electrons. The Hall–Kier alpha value is -3.12. The summed E-state index contributed by atoms with van der Waals surface area (Å²) in [7, 11) is 0. The number of carbonyl (C=O) groups excluding carboxylic acids is 1. The second-order valence-electron chi connectivity index (χ2n) is 6.65. The number of nitrogens with one attached hydrogen (secondary N) is 1. The highest BCUT2D eigenvalue weighted by Gasteiger charge is 2.20. The molecule has 0 atom stereocenters. The molecular formula is C21H19ClN4O2. The number of aryl methyl sites for hydroxylation is 2. The number of furan rings is 1. The lowest BCUT2D eigenvalue weighted by Crippen LogP contribution is -2.23. The number of amides is 1. The number of carbonyl (C=O) groups is 1. The molecule has 0 aliphatic heterocycles. The molecule has 0 fully saturated rings. The topological polar surface area (TPSA) is 73.0 Å². The summed E-state index contributed by atoms with van der Waals surface area (Å²) >= 11 is 6.29. The van der Waals surface area contributed by atoms with Crippen LogP contribution in [-0.2, 0) is 6.54 Å². The first-order chi connectivity index (χ1) is 13.5. The fourth-order valence-electron chi connectivity index (χ4n) is 3.26. The molecule has 28 heavy (non-hydrogen) atoms. The predicted molar refractivity (Wildman–Crippen MR) is 108 cm³/mol. The van der Waals surface area contributed by atoms with Crippen LogP contribution in [0.2, 0.25) is 5.02 Å². The Kier molecular flexibility index (Phi) is 4.65. The third-order valence-electron chi connectivity index (χ3n) is 4.66. The Morgan fingerprint density at radius 3 is 2.79 bits per heavy atom. The summed E-state index contributed by atoms with van der Waals surface area (Å²) in [5.74, 6) is 0.495. The normalized spacial score (nSPS) is 11.1. The van der Waals surface area contributed by atoms with Crippen molar-refractivity contribution in [2.24, 2.45) is 0 Å². The van der Waals surface area contributed by atoms with E-state index in [9.17, 15) is 4.79 Å². The second-order valence-corrected chi connectivity index (χ2v) is 7.06. The summed E-state index contributed by atoms with van der Waals surface area (Å²) in [5.41, 5.74) is 4.37. The van der Waals surface area contributed by atoms with Crippen molar-refractivity contribution >= 4 is 28.5 Å². The van der Waals surface area contributed by atoms with Crippen molar-refractivity contribution < 1.29 is 9.21 Å². The number of aromatic nitrogens is 3. The molecule has 3 heterocycles. The third kappa shape index (κ3) is 3.16. The zero-order valence-electron chi connectivity index (χ0n) is 15.8. The Bertz CT molecular complexity index is 1180. The molecule has 0 saturated heterocycles. The molecule has 0 saturated carbocycles. The van der Waals surface area contributed by atoms with Crippen LogP contribution >= 0.6 is 11.6 Å². The minimum atomic E-state index is -0.197. The van der Waals surface area contributed by atoms with Crippen molar-refractivity contribution in [1.82, 2.24) is 20.1 Å². The van der Waals surface area contributed by atoms with E-state index in [-0.39, 0.29) is 5.91 Å². The monoisotopic (exact) mass is 394 g/mol. The van der Waals surface area contributed by atoms with Gasteiger partial charge in [-0.25, -0.2) is 9.67 Å². The molecule has 6 nitrogen and oxygen atoms in total. The molecule has 0 bridgehead atoms. The third-order valence-corrected chi connectivity index (χ3v) is 5.07. The van der Waals surface area contributed by atoms with Crippen LogP contribution in [0.5, 0.6) is 0 Å². The van der Waals surface area contributed by atoms with Crippen molar-refractivity contribution in [2.45, 2.75) is 27.3 Å². The number of pyridine rings is 1. The summed E-state index contributed by atoms with van der Waals surface area (Å²) < 4.78 is 7.04. The van der Waals surface area contributed by atoms with Gasteiger partial charge in [0.1, 0.15) is 5.76 Å². The Balaban J connectivity index is 1.82. The van der Waals surface area contributed by atoms with Gasteiger partial charge >= 0.3 is 0 Å². The molecule has 0 spiro atoms. The van der Waals surface area contributed by atoms with E-state index >= 15 is 0 Å². The van der Waals surface area contributed by atoms with Gasteiger partial charge in [-0.1, -0.05) is 17.7 Å².